The van der Waals surface area contributed by atoms with Gasteiger partial charge in [-0.15, -0.1) is 0 Å². The number of anilines is 1. The van der Waals surface area contributed by atoms with Gasteiger partial charge >= 0.3 is 0 Å². The Morgan fingerprint density at radius 2 is 1.61 bits per heavy atom. The summed E-state index contributed by atoms with van der Waals surface area (Å²) in [6.07, 6.45) is 4.52. The number of piperazine rings is 1. The summed E-state index contributed by atoms with van der Waals surface area (Å²) in [5.74, 6) is 1.36. The van der Waals surface area contributed by atoms with Crippen LogP contribution in [0.5, 0.6) is 5.75 Å². The standard InChI is InChI=1S/C25H27N5O/c1-29-12-14-30(15-13-29)25-23-21(27-28-25)11-10-20-22(23)18-4-2-3-5-19(18)24(26-20)16-6-8-17(31)9-7-16/h6-11,31H,2-5,12-15H2,1H3,(H,27,28). The molecule has 0 amide bonds. The lowest BCUT2D eigenvalue weighted by Gasteiger charge is -2.33. The number of phenolic OH excluding ortho intramolecular Hbond substituents is 1. The van der Waals surface area contributed by atoms with Crippen molar-refractivity contribution in [1.29, 1.82) is 0 Å². The molecule has 0 radical (unpaired) electrons. The first-order chi connectivity index (χ1) is 15.2. The number of aromatic nitrogens is 3. The number of nitrogens with one attached hydrogen (secondary N) is 1. The van der Waals surface area contributed by atoms with Gasteiger partial charge in [0, 0.05) is 37.1 Å². The number of fused-ring (bicyclic) bond motifs is 5. The van der Waals surface area contributed by atoms with Crippen LogP contribution >= 0.6 is 0 Å². The van der Waals surface area contributed by atoms with Gasteiger partial charge in [-0.3, -0.25) is 5.10 Å². The van der Waals surface area contributed by atoms with E-state index in [4.69, 9.17) is 10.1 Å². The summed E-state index contributed by atoms with van der Waals surface area (Å²) < 4.78 is 0. The number of benzene rings is 2. The molecule has 3 heterocycles. The number of nitrogens with zero attached hydrogens (tertiary/aromatic N) is 4. The van der Waals surface area contributed by atoms with Crippen LogP contribution in [0.3, 0.4) is 0 Å². The van der Waals surface area contributed by atoms with Crippen LogP contribution in [0.4, 0.5) is 5.82 Å². The number of aromatic hydroxyl groups is 1. The smallest absolute Gasteiger partial charge is 0.159 e. The third-order valence-corrected chi connectivity index (χ3v) is 6.92. The van der Waals surface area contributed by atoms with Gasteiger partial charge in [-0.1, -0.05) is 0 Å². The Balaban J connectivity index is 1.60. The number of H-pyrrole nitrogens is 1. The van der Waals surface area contributed by atoms with E-state index in [1.165, 1.54) is 34.7 Å². The van der Waals surface area contributed by atoms with Crippen molar-refractivity contribution in [1.82, 2.24) is 20.1 Å². The molecule has 6 nitrogen and oxygen atoms in total. The molecule has 2 N–H and O–H groups in total. The van der Waals surface area contributed by atoms with Crippen LogP contribution in [0.2, 0.25) is 0 Å². The molecular weight excluding hydrogens is 386 g/mol. The molecule has 1 fully saturated rings. The van der Waals surface area contributed by atoms with E-state index in [2.05, 4.69) is 34.1 Å². The minimum Gasteiger partial charge on any atom is -0.508 e. The number of pyridine rings is 1. The lowest BCUT2D eigenvalue weighted by atomic mass is 9.85. The fraction of sp³-hybridized carbons (Fsp3) is 0.360. The van der Waals surface area contributed by atoms with Crippen LogP contribution in [0.1, 0.15) is 24.0 Å². The molecule has 4 aromatic rings. The minimum absolute atomic E-state index is 0.287. The van der Waals surface area contributed by atoms with Crippen molar-refractivity contribution in [3.63, 3.8) is 0 Å². The zero-order valence-corrected chi connectivity index (χ0v) is 17.9. The van der Waals surface area contributed by atoms with Gasteiger partial charge in [0.05, 0.1) is 22.1 Å². The van der Waals surface area contributed by atoms with E-state index in [0.29, 0.717) is 0 Å². The Morgan fingerprint density at radius 3 is 2.39 bits per heavy atom. The minimum atomic E-state index is 0.287. The predicted octanol–water partition coefficient (Wildman–Crippen LogP) is 4.11. The van der Waals surface area contributed by atoms with Gasteiger partial charge in [-0.25, -0.2) is 4.98 Å². The molecule has 1 saturated heterocycles. The third-order valence-electron chi connectivity index (χ3n) is 6.92. The predicted molar refractivity (Wildman–Crippen MR) is 125 cm³/mol. The maximum atomic E-state index is 9.74. The fourth-order valence-corrected chi connectivity index (χ4v) is 5.22. The maximum absolute atomic E-state index is 9.74. The van der Waals surface area contributed by atoms with E-state index in [9.17, 15) is 5.11 Å². The first-order valence-electron chi connectivity index (χ1n) is 11.2. The molecule has 0 saturated carbocycles. The molecule has 2 aromatic heterocycles. The number of hydrogen-bond acceptors (Lipinski definition) is 5. The molecule has 0 bridgehead atoms. The summed E-state index contributed by atoms with van der Waals surface area (Å²) in [6.45, 7) is 4.10. The monoisotopic (exact) mass is 413 g/mol. The lowest BCUT2D eigenvalue weighted by Crippen LogP contribution is -2.44. The molecular formula is C25H27N5O. The molecule has 158 valence electrons. The maximum Gasteiger partial charge on any atom is 0.159 e. The Labute approximate surface area is 181 Å². The van der Waals surface area contributed by atoms with Crippen molar-refractivity contribution >= 4 is 27.6 Å². The third kappa shape index (κ3) is 3.05. The number of hydrogen-bond donors (Lipinski definition) is 2. The largest absolute Gasteiger partial charge is 0.508 e. The summed E-state index contributed by atoms with van der Waals surface area (Å²) in [5, 5.41) is 20.3. The molecule has 6 rings (SSSR count). The van der Waals surface area contributed by atoms with Crippen molar-refractivity contribution in [2.75, 3.05) is 38.1 Å². The van der Waals surface area contributed by atoms with Crippen molar-refractivity contribution in [3.8, 4) is 17.0 Å². The number of phenols is 1. The molecule has 0 atom stereocenters. The molecule has 1 aliphatic carbocycles. The van der Waals surface area contributed by atoms with E-state index in [1.54, 1.807) is 12.1 Å². The first-order valence-corrected chi connectivity index (χ1v) is 11.2. The van der Waals surface area contributed by atoms with E-state index >= 15 is 0 Å². The molecule has 0 spiro atoms. The summed E-state index contributed by atoms with van der Waals surface area (Å²) in [4.78, 5) is 9.96. The van der Waals surface area contributed by atoms with Gasteiger partial charge in [-0.2, -0.15) is 5.10 Å². The molecule has 1 aliphatic heterocycles. The van der Waals surface area contributed by atoms with Gasteiger partial charge < -0.3 is 14.9 Å². The number of likely N-dealkylation sites (N-methyl/N-ethyl adjacent to an activating group) is 1. The SMILES string of the molecule is CN1CCN(c2n[nH]c3ccc4nc(-c5ccc(O)cc5)c5c(c4c23)CCCC5)CC1. The van der Waals surface area contributed by atoms with Gasteiger partial charge in [0.1, 0.15) is 5.75 Å². The molecule has 0 unspecified atom stereocenters. The second-order valence-electron chi connectivity index (χ2n) is 8.89. The average Bonchev–Trinajstić information content (AvgIpc) is 3.24. The summed E-state index contributed by atoms with van der Waals surface area (Å²) in [6, 6.07) is 11.7. The Morgan fingerprint density at radius 1 is 0.871 bits per heavy atom. The highest BCUT2D eigenvalue weighted by Gasteiger charge is 2.25. The van der Waals surface area contributed by atoms with E-state index < -0.39 is 0 Å². The van der Waals surface area contributed by atoms with Gasteiger partial charge in [0.15, 0.2) is 5.82 Å². The zero-order chi connectivity index (χ0) is 20.9. The van der Waals surface area contributed by atoms with Crippen LogP contribution in [0, 0.1) is 0 Å². The van der Waals surface area contributed by atoms with Crippen LogP contribution in [-0.4, -0.2) is 58.4 Å². The lowest BCUT2D eigenvalue weighted by molar-refractivity contribution is 0.312. The summed E-state index contributed by atoms with van der Waals surface area (Å²) in [5.41, 5.74) is 7.06. The van der Waals surface area contributed by atoms with E-state index in [-0.39, 0.29) is 5.75 Å². The van der Waals surface area contributed by atoms with E-state index in [1.807, 2.05) is 12.1 Å². The quantitative estimate of drug-likeness (QED) is 0.518. The second kappa shape index (κ2) is 7.24. The normalized spacial score (nSPS) is 17.4. The van der Waals surface area contributed by atoms with Crippen molar-refractivity contribution < 1.29 is 5.11 Å². The summed E-state index contributed by atoms with van der Waals surface area (Å²) >= 11 is 0. The van der Waals surface area contributed by atoms with Crippen LogP contribution in [0.25, 0.3) is 33.1 Å². The Kier molecular flexibility index (Phi) is 4.35. The molecule has 31 heavy (non-hydrogen) atoms. The topological polar surface area (TPSA) is 68.3 Å². The Bertz CT molecular complexity index is 1270. The van der Waals surface area contributed by atoms with Crippen molar-refractivity contribution in [2.45, 2.75) is 25.7 Å². The summed E-state index contributed by atoms with van der Waals surface area (Å²) in [7, 11) is 2.18. The Hall–Kier alpha value is -3.12. The highest BCUT2D eigenvalue weighted by atomic mass is 16.3. The van der Waals surface area contributed by atoms with Crippen LogP contribution < -0.4 is 4.90 Å². The molecule has 2 aromatic carbocycles. The fourth-order valence-electron chi connectivity index (χ4n) is 5.22. The van der Waals surface area contributed by atoms with Crippen LogP contribution in [0.15, 0.2) is 36.4 Å². The number of aryl methyl sites for hydroxylation is 1. The van der Waals surface area contributed by atoms with Crippen molar-refractivity contribution in [2.24, 2.45) is 0 Å². The van der Waals surface area contributed by atoms with Crippen molar-refractivity contribution in [3.05, 3.63) is 47.5 Å². The molecule has 6 heteroatoms. The second-order valence-corrected chi connectivity index (χ2v) is 8.89. The van der Waals surface area contributed by atoms with Crippen LogP contribution in [-0.2, 0) is 12.8 Å². The first kappa shape index (κ1) is 18.6. The van der Waals surface area contributed by atoms with Gasteiger partial charge in [0.25, 0.3) is 0 Å². The zero-order valence-electron chi connectivity index (χ0n) is 17.9. The number of aromatic amines is 1. The molecule has 2 aliphatic rings. The van der Waals surface area contributed by atoms with Gasteiger partial charge in [-0.05, 0) is 80.3 Å². The van der Waals surface area contributed by atoms with E-state index in [0.717, 1.165) is 67.1 Å². The number of rotatable bonds is 2. The van der Waals surface area contributed by atoms with Gasteiger partial charge in [0.2, 0.25) is 0 Å². The highest BCUT2D eigenvalue weighted by molar-refractivity contribution is 6.13. The average molecular weight is 414 g/mol. The highest BCUT2D eigenvalue weighted by Crippen LogP contribution is 2.40.